The summed E-state index contributed by atoms with van der Waals surface area (Å²) in [4.78, 5) is 4.49. The third kappa shape index (κ3) is 4.52. The van der Waals surface area contributed by atoms with E-state index in [2.05, 4.69) is 23.0 Å². The minimum Gasteiger partial charge on any atom is -0.341 e. The van der Waals surface area contributed by atoms with Gasteiger partial charge in [-0.25, -0.2) is 0 Å². The molecule has 0 aromatic heterocycles. The van der Waals surface area contributed by atoms with Gasteiger partial charge in [-0.2, -0.15) is 5.26 Å². The summed E-state index contributed by atoms with van der Waals surface area (Å²) in [7, 11) is 0. The maximum Gasteiger partial charge on any atom is 0.125 e. The average molecular weight is 227 g/mol. The second kappa shape index (κ2) is 5.31. The molecule has 0 bridgehead atoms. The van der Waals surface area contributed by atoms with Crippen molar-refractivity contribution in [3.8, 4) is 6.07 Å². The number of rotatable bonds is 2. The van der Waals surface area contributed by atoms with Gasteiger partial charge in [0.25, 0.3) is 0 Å². The van der Waals surface area contributed by atoms with Gasteiger partial charge in [-0.15, -0.1) is 0 Å². The first-order valence-corrected chi connectivity index (χ1v) is 5.44. The molecule has 0 aliphatic rings. The Balaban J connectivity index is 2.85. The van der Waals surface area contributed by atoms with E-state index < -0.39 is 0 Å². The lowest BCUT2D eigenvalue weighted by atomic mass is 10.1. The summed E-state index contributed by atoms with van der Waals surface area (Å²) >= 11 is 0. The fourth-order valence-electron chi connectivity index (χ4n) is 1.26. The highest BCUT2D eigenvalue weighted by Gasteiger charge is 2.08. The zero-order chi connectivity index (χ0) is 12.9. The maximum absolute atomic E-state index is 8.70. The van der Waals surface area contributed by atoms with E-state index in [0.29, 0.717) is 5.56 Å². The van der Waals surface area contributed by atoms with Gasteiger partial charge in [-0.05, 0) is 51.1 Å². The van der Waals surface area contributed by atoms with Crippen molar-refractivity contribution in [3.05, 3.63) is 42.5 Å². The Kier molecular flexibility index (Phi) is 4.06. The first-order chi connectivity index (χ1) is 7.94. The van der Waals surface area contributed by atoms with Crippen molar-refractivity contribution in [1.29, 1.82) is 5.26 Å². The predicted octanol–water partition coefficient (Wildman–Crippen LogP) is 3.35. The molecule has 0 spiro atoms. The molecule has 0 fully saturated rings. The fourth-order valence-corrected chi connectivity index (χ4v) is 1.26. The van der Waals surface area contributed by atoms with E-state index in [4.69, 9.17) is 5.26 Å². The van der Waals surface area contributed by atoms with Crippen LogP contribution in [-0.2, 0) is 0 Å². The molecule has 1 aromatic carbocycles. The van der Waals surface area contributed by atoms with Crippen LogP contribution >= 0.6 is 0 Å². The van der Waals surface area contributed by atoms with Gasteiger partial charge in [0, 0.05) is 5.69 Å². The lowest BCUT2D eigenvalue weighted by molar-refractivity contribution is 0.584. The first kappa shape index (κ1) is 13.0. The van der Waals surface area contributed by atoms with Crippen LogP contribution in [0.2, 0.25) is 0 Å². The van der Waals surface area contributed by atoms with E-state index >= 15 is 0 Å². The quantitative estimate of drug-likeness (QED) is 0.622. The van der Waals surface area contributed by atoms with Crippen LogP contribution in [0.3, 0.4) is 0 Å². The van der Waals surface area contributed by atoms with Gasteiger partial charge in [0.1, 0.15) is 5.84 Å². The Morgan fingerprint density at radius 3 is 2.35 bits per heavy atom. The van der Waals surface area contributed by atoms with E-state index in [9.17, 15) is 0 Å². The average Bonchev–Trinajstić information content (AvgIpc) is 2.27. The number of benzene rings is 1. The van der Waals surface area contributed by atoms with E-state index in [1.165, 1.54) is 0 Å². The van der Waals surface area contributed by atoms with Crippen LogP contribution in [0.15, 0.2) is 41.9 Å². The number of anilines is 1. The Morgan fingerprint density at radius 1 is 1.35 bits per heavy atom. The number of hydrogen-bond acceptors (Lipinski definition) is 2. The number of amidine groups is 1. The number of hydrogen-bond donors (Lipinski definition) is 1. The number of nitrogens with one attached hydrogen (secondary N) is 1. The van der Waals surface area contributed by atoms with E-state index in [1.54, 1.807) is 18.2 Å². The molecule has 0 aliphatic heterocycles. The second-order valence-corrected chi connectivity index (χ2v) is 4.69. The predicted molar refractivity (Wildman–Crippen MR) is 72.2 cm³/mol. The van der Waals surface area contributed by atoms with Gasteiger partial charge in [0.15, 0.2) is 0 Å². The summed E-state index contributed by atoms with van der Waals surface area (Å²) in [6, 6.07) is 9.30. The minimum absolute atomic E-state index is 0.150. The summed E-state index contributed by atoms with van der Waals surface area (Å²) in [5.74, 6) is 0.724. The van der Waals surface area contributed by atoms with Crippen LogP contribution < -0.4 is 5.32 Å². The molecular formula is C14H17N3. The highest BCUT2D eigenvalue weighted by atomic mass is 15.0. The van der Waals surface area contributed by atoms with Crippen LogP contribution in [0.4, 0.5) is 5.69 Å². The van der Waals surface area contributed by atoms with E-state index in [-0.39, 0.29) is 5.54 Å². The summed E-state index contributed by atoms with van der Waals surface area (Å²) in [6.45, 7) is 9.80. The van der Waals surface area contributed by atoms with Crippen LogP contribution in [0.5, 0.6) is 0 Å². The molecule has 3 nitrogen and oxygen atoms in total. The normalized spacial score (nSPS) is 11.8. The van der Waals surface area contributed by atoms with E-state index in [1.807, 2.05) is 32.9 Å². The molecule has 1 rings (SSSR count). The molecule has 0 aliphatic carbocycles. The molecule has 3 heteroatoms. The molecule has 0 unspecified atom stereocenters. The Labute approximate surface area is 102 Å². The first-order valence-electron chi connectivity index (χ1n) is 5.44. The zero-order valence-corrected chi connectivity index (χ0v) is 10.5. The van der Waals surface area contributed by atoms with Gasteiger partial charge in [-0.1, -0.05) is 6.58 Å². The maximum atomic E-state index is 8.70. The highest BCUT2D eigenvalue weighted by Crippen LogP contribution is 2.12. The number of aliphatic imine (C=N–C) groups is 1. The van der Waals surface area contributed by atoms with Gasteiger partial charge >= 0.3 is 0 Å². The van der Waals surface area contributed by atoms with Crippen molar-refractivity contribution < 1.29 is 0 Å². The molecule has 0 amide bonds. The van der Waals surface area contributed by atoms with Crippen molar-refractivity contribution >= 4 is 11.5 Å². The smallest absolute Gasteiger partial charge is 0.125 e. The topological polar surface area (TPSA) is 48.2 Å². The van der Waals surface area contributed by atoms with Crippen molar-refractivity contribution in [1.82, 2.24) is 0 Å². The van der Waals surface area contributed by atoms with Crippen LogP contribution in [0, 0.1) is 11.3 Å². The fraction of sp³-hybridized carbons (Fsp3) is 0.286. The van der Waals surface area contributed by atoms with Crippen LogP contribution in [0.25, 0.3) is 0 Å². The molecular weight excluding hydrogens is 210 g/mol. The van der Waals surface area contributed by atoms with Crippen molar-refractivity contribution in [3.63, 3.8) is 0 Å². The molecule has 0 saturated carbocycles. The summed E-state index contributed by atoms with van der Waals surface area (Å²) in [5, 5.41) is 11.9. The van der Waals surface area contributed by atoms with Gasteiger partial charge < -0.3 is 5.32 Å². The Hall–Kier alpha value is -2.08. The second-order valence-electron chi connectivity index (χ2n) is 4.69. The number of nitrogens with zero attached hydrogens (tertiary/aromatic N) is 2. The van der Waals surface area contributed by atoms with Gasteiger partial charge in [0.05, 0.1) is 17.2 Å². The third-order valence-electron chi connectivity index (χ3n) is 1.94. The zero-order valence-electron chi connectivity index (χ0n) is 10.5. The van der Waals surface area contributed by atoms with Crippen LogP contribution in [0.1, 0.15) is 26.3 Å². The standard InChI is InChI=1S/C14H17N3/c1-5-13(17-14(2,3)4)16-12-8-6-11(10-15)7-9-12/h5-9H,1H2,2-4H3,(H,16,17). The highest BCUT2D eigenvalue weighted by molar-refractivity contribution is 6.03. The number of nitriles is 1. The molecule has 0 saturated heterocycles. The lowest BCUT2D eigenvalue weighted by Gasteiger charge is -2.15. The molecule has 0 atom stereocenters. The minimum atomic E-state index is -0.150. The van der Waals surface area contributed by atoms with Crippen molar-refractivity contribution in [2.45, 2.75) is 26.3 Å². The lowest BCUT2D eigenvalue weighted by Crippen LogP contribution is -2.18. The van der Waals surface area contributed by atoms with Gasteiger partial charge in [0.2, 0.25) is 0 Å². The Bertz CT molecular complexity index is 456. The van der Waals surface area contributed by atoms with Gasteiger partial charge in [-0.3, -0.25) is 4.99 Å². The largest absolute Gasteiger partial charge is 0.341 e. The van der Waals surface area contributed by atoms with Crippen molar-refractivity contribution in [2.75, 3.05) is 5.32 Å². The SMILES string of the molecule is C=CC(=NC(C)(C)C)Nc1ccc(C#N)cc1. The molecule has 1 N–H and O–H groups in total. The van der Waals surface area contributed by atoms with Crippen LogP contribution in [-0.4, -0.2) is 11.4 Å². The summed E-state index contributed by atoms with van der Waals surface area (Å²) in [5.41, 5.74) is 1.39. The molecule has 0 radical (unpaired) electrons. The summed E-state index contributed by atoms with van der Waals surface area (Å²) in [6.07, 6.45) is 1.68. The Morgan fingerprint density at radius 2 is 1.94 bits per heavy atom. The monoisotopic (exact) mass is 227 g/mol. The third-order valence-corrected chi connectivity index (χ3v) is 1.94. The molecule has 88 valence electrons. The molecule has 0 heterocycles. The van der Waals surface area contributed by atoms with Crippen molar-refractivity contribution in [2.24, 2.45) is 4.99 Å². The van der Waals surface area contributed by atoms with E-state index in [0.717, 1.165) is 11.5 Å². The molecule has 17 heavy (non-hydrogen) atoms. The summed E-state index contributed by atoms with van der Waals surface area (Å²) < 4.78 is 0. The molecule has 1 aromatic rings.